The van der Waals surface area contributed by atoms with Crippen molar-refractivity contribution in [1.29, 1.82) is 0 Å². The molecular weight excluding hydrogens is 256 g/mol. The molecule has 2 atom stereocenters. The average Bonchev–Trinajstić information content (AvgIpc) is 2.82. The predicted molar refractivity (Wildman–Crippen MR) is 66.6 cm³/mol. The number of carboxylic acid groups (broad SMARTS) is 1. The lowest BCUT2D eigenvalue weighted by Crippen LogP contribution is -2.36. The van der Waals surface area contributed by atoms with Gasteiger partial charge in [-0.2, -0.15) is 4.36 Å². The van der Waals surface area contributed by atoms with Gasteiger partial charge in [-0.25, -0.2) is 4.21 Å². The van der Waals surface area contributed by atoms with Gasteiger partial charge in [0.2, 0.25) is 0 Å². The van der Waals surface area contributed by atoms with Crippen LogP contribution < -0.4 is 5.32 Å². The van der Waals surface area contributed by atoms with Crippen LogP contribution in [0.4, 0.5) is 0 Å². The summed E-state index contributed by atoms with van der Waals surface area (Å²) in [5.74, 6) is -2.07. The van der Waals surface area contributed by atoms with Crippen molar-refractivity contribution >= 4 is 21.6 Å². The molecule has 1 aliphatic carbocycles. The summed E-state index contributed by atoms with van der Waals surface area (Å²) in [4.78, 5) is 23.0. The lowest BCUT2D eigenvalue weighted by Gasteiger charge is -2.16. The van der Waals surface area contributed by atoms with E-state index in [1.807, 2.05) is 0 Å². The van der Waals surface area contributed by atoms with Gasteiger partial charge in [-0.3, -0.25) is 9.59 Å². The Labute approximate surface area is 106 Å². The van der Waals surface area contributed by atoms with Crippen molar-refractivity contribution in [1.82, 2.24) is 5.32 Å². The molecule has 0 bridgehead atoms. The minimum atomic E-state index is -2.47. The molecule has 1 aliphatic heterocycles. The molecule has 1 amide bonds. The number of carbonyl (C=O) groups excluding carboxylic acids is 1. The van der Waals surface area contributed by atoms with Crippen molar-refractivity contribution in [3.63, 3.8) is 0 Å². The Morgan fingerprint density at radius 1 is 1.28 bits per heavy atom. The summed E-state index contributed by atoms with van der Waals surface area (Å²) in [7, 11) is -2.47. The highest BCUT2D eigenvalue weighted by atomic mass is 32.2. The van der Waals surface area contributed by atoms with Gasteiger partial charge in [0.25, 0.3) is 5.91 Å². The molecule has 1 heterocycles. The smallest absolute Gasteiger partial charge is 0.307 e. The Morgan fingerprint density at radius 3 is 2.28 bits per heavy atom. The van der Waals surface area contributed by atoms with Crippen LogP contribution in [0.1, 0.15) is 13.8 Å². The summed E-state index contributed by atoms with van der Waals surface area (Å²) in [6, 6.07) is 0. The van der Waals surface area contributed by atoms with E-state index in [-0.39, 0.29) is 0 Å². The maximum absolute atomic E-state index is 12.3. The number of hydrogen-bond donors (Lipinski definition) is 2. The standard InChI is InChI=1S/C11H18N2O4S/c1-11(2)7(8(11)10(15)16)9(14)13-18(17)5-3-12-4-6-18/h7-8,12H,3-6H2,1-2H3,(H,15,16). The number of aliphatic carboxylic acids is 1. The quantitative estimate of drug-likeness (QED) is 0.735. The molecule has 1 saturated heterocycles. The van der Waals surface area contributed by atoms with Crippen LogP contribution in [0, 0.1) is 17.3 Å². The zero-order chi connectivity index (χ0) is 13.6. The van der Waals surface area contributed by atoms with Crippen molar-refractivity contribution in [2.24, 2.45) is 21.6 Å². The minimum absolute atomic E-state index is 0.365. The van der Waals surface area contributed by atoms with Crippen molar-refractivity contribution in [2.75, 3.05) is 24.6 Å². The molecule has 18 heavy (non-hydrogen) atoms. The van der Waals surface area contributed by atoms with E-state index in [9.17, 15) is 13.8 Å². The molecule has 1 saturated carbocycles. The summed E-state index contributed by atoms with van der Waals surface area (Å²) in [6.07, 6.45) is 0. The van der Waals surface area contributed by atoms with Gasteiger partial charge in [0, 0.05) is 24.6 Å². The molecule has 2 fully saturated rings. The van der Waals surface area contributed by atoms with Crippen LogP contribution >= 0.6 is 0 Å². The second-order valence-electron chi connectivity index (χ2n) is 5.48. The Balaban J connectivity index is 2.17. The lowest BCUT2D eigenvalue weighted by molar-refractivity contribution is -0.140. The first kappa shape index (κ1) is 13.5. The number of carbonyl (C=O) groups is 2. The molecule has 6 nitrogen and oxygen atoms in total. The average molecular weight is 274 g/mol. The summed E-state index contributed by atoms with van der Waals surface area (Å²) < 4.78 is 16.1. The van der Waals surface area contributed by atoms with Gasteiger partial charge in [0.15, 0.2) is 0 Å². The van der Waals surface area contributed by atoms with Gasteiger partial charge >= 0.3 is 5.97 Å². The molecule has 2 N–H and O–H groups in total. The normalized spacial score (nSPS) is 32.6. The van der Waals surface area contributed by atoms with E-state index in [1.54, 1.807) is 13.8 Å². The summed E-state index contributed by atoms with van der Waals surface area (Å²) in [5.41, 5.74) is -0.574. The Morgan fingerprint density at radius 2 is 1.83 bits per heavy atom. The van der Waals surface area contributed by atoms with Crippen LogP contribution in [-0.2, 0) is 19.3 Å². The lowest BCUT2D eigenvalue weighted by atomic mass is 10.1. The third kappa shape index (κ3) is 2.29. The fourth-order valence-electron chi connectivity index (χ4n) is 2.56. The number of hydrogen-bond acceptors (Lipinski definition) is 4. The highest BCUT2D eigenvalue weighted by molar-refractivity contribution is 7.94. The van der Waals surface area contributed by atoms with E-state index in [4.69, 9.17) is 5.11 Å². The second-order valence-corrected chi connectivity index (χ2v) is 8.02. The van der Waals surface area contributed by atoms with E-state index < -0.39 is 38.9 Å². The first-order chi connectivity index (χ1) is 8.28. The molecule has 0 spiro atoms. The van der Waals surface area contributed by atoms with Gasteiger partial charge in [-0.15, -0.1) is 0 Å². The SMILES string of the molecule is CC1(C)C(C(=O)O)C1C(=O)N=S1(=O)CCNCC1. The van der Waals surface area contributed by atoms with Crippen molar-refractivity contribution in [2.45, 2.75) is 13.8 Å². The highest BCUT2D eigenvalue weighted by Crippen LogP contribution is 2.58. The van der Waals surface area contributed by atoms with Gasteiger partial charge in [0.05, 0.1) is 21.6 Å². The largest absolute Gasteiger partial charge is 0.481 e. The van der Waals surface area contributed by atoms with E-state index in [0.717, 1.165) is 0 Å². The Kier molecular flexibility index (Phi) is 3.23. The fraction of sp³-hybridized carbons (Fsp3) is 0.818. The molecule has 102 valence electrons. The van der Waals surface area contributed by atoms with Crippen LogP contribution in [0.2, 0.25) is 0 Å². The third-order valence-electron chi connectivity index (χ3n) is 3.81. The fourth-order valence-corrected chi connectivity index (χ4v) is 4.32. The molecule has 2 rings (SSSR count). The number of amides is 1. The van der Waals surface area contributed by atoms with Gasteiger partial charge in [-0.05, 0) is 5.41 Å². The monoisotopic (exact) mass is 274 g/mol. The van der Waals surface area contributed by atoms with Crippen molar-refractivity contribution in [3.8, 4) is 0 Å². The summed E-state index contributed by atoms with van der Waals surface area (Å²) in [6.45, 7) is 4.65. The van der Waals surface area contributed by atoms with Gasteiger partial charge in [0.1, 0.15) is 0 Å². The second kappa shape index (κ2) is 4.31. The van der Waals surface area contributed by atoms with Gasteiger partial charge in [-0.1, -0.05) is 13.8 Å². The van der Waals surface area contributed by atoms with Crippen molar-refractivity contribution in [3.05, 3.63) is 0 Å². The number of carboxylic acids is 1. The van der Waals surface area contributed by atoms with Crippen LogP contribution in [-0.4, -0.2) is 45.8 Å². The number of rotatable bonds is 2. The Bertz CT molecular complexity index is 493. The highest BCUT2D eigenvalue weighted by Gasteiger charge is 2.66. The Hall–Kier alpha value is -0.950. The predicted octanol–water partition coefficient (Wildman–Crippen LogP) is -0.0590. The first-order valence-corrected chi connectivity index (χ1v) is 7.83. The number of nitrogens with one attached hydrogen (secondary N) is 1. The molecule has 0 aromatic carbocycles. The van der Waals surface area contributed by atoms with E-state index in [0.29, 0.717) is 24.6 Å². The maximum atomic E-state index is 12.3. The molecule has 2 unspecified atom stereocenters. The van der Waals surface area contributed by atoms with Crippen molar-refractivity contribution < 1.29 is 18.9 Å². The number of nitrogens with zero attached hydrogens (tertiary/aromatic N) is 1. The molecule has 7 heteroatoms. The molecule has 0 aromatic heterocycles. The molecule has 0 radical (unpaired) electrons. The van der Waals surface area contributed by atoms with E-state index in [2.05, 4.69) is 9.68 Å². The van der Waals surface area contributed by atoms with Crippen LogP contribution in [0.25, 0.3) is 0 Å². The molecular formula is C11H18N2O4S. The summed E-state index contributed by atoms with van der Waals surface area (Å²) in [5, 5.41) is 12.1. The topological polar surface area (TPSA) is 95.8 Å². The molecule has 0 aromatic rings. The third-order valence-corrected chi connectivity index (χ3v) is 6.01. The summed E-state index contributed by atoms with van der Waals surface area (Å²) >= 11 is 0. The zero-order valence-corrected chi connectivity index (χ0v) is 11.3. The zero-order valence-electron chi connectivity index (χ0n) is 10.5. The van der Waals surface area contributed by atoms with E-state index in [1.165, 1.54) is 0 Å². The van der Waals surface area contributed by atoms with Crippen LogP contribution in [0.5, 0.6) is 0 Å². The van der Waals surface area contributed by atoms with Gasteiger partial charge < -0.3 is 10.4 Å². The first-order valence-electron chi connectivity index (χ1n) is 5.98. The van der Waals surface area contributed by atoms with Crippen LogP contribution in [0.15, 0.2) is 4.36 Å². The van der Waals surface area contributed by atoms with Crippen LogP contribution in [0.3, 0.4) is 0 Å². The minimum Gasteiger partial charge on any atom is -0.481 e. The maximum Gasteiger partial charge on any atom is 0.307 e. The van der Waals surface area contributed by atoms with E-state index >= 15 is 0 Å². The molecule has 2 aliphatic rings.